The number of rotatable bonds is 0. The summed E-state index contributed by atoms with van der Waals surface area (Å²) in [4.78, 5) is 17.8. The van der Waals surface area contributed by atoms with Crippen molar-refractivity contribution in [3.05, 3.63) is 32.9 Å². The second-order valence-corrected chi connectivity index (χ2v) is 3.65. The Morgan fingerprint density at radius 1 is 1.50 bits per heavy atom. The standard InChI is InChI=1S/C8H5Cl2N3O/c1-13-3-4-5(9)2-6(10)11-7(4)12-8(13)14/h2-3H,1H3/p+1. The van der Waals surface area contributed by atoms with Gasteiger partial charge in [-0.05, 0) is 6.07 Å². The van der Waals surface area contributed by atoms with Gasteiger partial charge >= 0.3 is 5.69 Å². The van der Waals surface area contributed by atoms with Gasteiger partial charge in [-0.25, -0.2) is 0 Å². The summed E-state index contributed by atoms with van der Waals surface area (Å²) < 4.78 is 1.39. The van der Waals surface area contributed by atoms with Crippen LogP contribution in [0.3, 0.4) is 0 Å². The Bertz CT molecular complexity index is 564. The minimum Gasteiger partial charge on any atom is -0.200 e. The van der Waals surface area contributed by atoms with E-state index in [-0.39, 0.29) is 10.8 Å². The predicted molar refractivity (Wildman–Crippen MR) is 53.6 cm³/mol. The molecule has 0 saturated heterocycles. The van der Waals surface area contributed by atoms with E-state index in [1.807, 2.05) is 0 Å². The molecule has 1 N–H and O–H groups in total. The second-order valence-electron chi connectivity index (χ2n) is 2.86. The van der Waals surface area contributed by atoms with E-state index in [9.17, 15) is 4.79 Å². The molecule has 0 aliphatic rings. The van der Waals surface area contributed by atoms with Crippen molar-refractivity contribution < 1.29 is 4.57 Å². The molecule has 14 heavy (non-hydrogen) atoms. The third-order valence-electron chi connectivity index (χ3n) is 1.85. The Morgan fingerprint density at radius 2 is 2.21 bits per heavy atom. The zero-order valence-electron chi connectivity index (χ0n) is 7.21. The summed E-state index contributed by atoms with van der Waals surface area (Å²) in [5, 5.41) is 1.39. The molecule has 2 rings (SSSR count). The van der Waals surface area contributed by atoms with E-state index in [0.717, 1.165) is 0 Å². The number of H-pyrrole nitrogens is 1. The fourth-order valence-corrected chi connectivity index (χ4v) is 1.65. The van der Waals surface area contributed by atoms with Gasteiger partial charge < -0.3 is 0 Å². The molecule has 0 amide bonds. The number of halogens is 2. The fraction of sp³-hybridized carbons (Fsp3) is 0.125. The molecule has 0 atom stereocenters. The summed E-state index contributed by atoms with van der Waals surface area (Å²) in [5.74, 6) is 0. The number of nitrogens with one attached hydrogen (secondary N) is 1. The van der Waals surface area contributed by atoms with Gasteiger partial charge in [-0.15, -0.1) is 0 Å². The van der Waals surface area contributed by atoms with Crippen LogP contribution in [0, 0.1) is 0 Å². The number of nitrogens with zero attached hydrogens (tertiary/aromatic N) is 2. The highest BCUT2D eigenvalue weighted by Gasteiger charge is 2.10. The van der Waals surface area contributed by atoms with Crippen LogP contribution in [0.2, 0.25) is 10.2 Å². The van der Waals surface area contributed by atoms with Crippen molar-refractivity contribution in [3.8, 4) is 0 Å². The number of pyridine rings is 1. The lowest BCUT2D eigenvalue weighted by molar-refractivity contribution is -0.687. The lowest BCUT2D eigenvalue weighted by atomic mass is 10.3. The maximum Gasteiger partial charge on any atom is 0.497 e. The van der Waals surface area contributed by atoms with Crippen molar-refractivity contribution in [3.63, 3.8) is 0 Å². The summed E-state index contributed by atoms with van der Waals surface area (Å²) in [6, 6.07) is 1.53. The summed E-state index contributed by atoms with van der Waals surface area (Å²) in [7, 11) is 1.63. The quantitative estimate of drug-likeness (QED) is 0.544. The molecule has 0 aliphatic carbocycles. The average molecular weight is 231 g/mol. The Balaban J connectivity index is 2.96. The van der Waals surface area contributed by atoms with Crippen LogP contribution in [-0.2, 0) is 7.05 Å². The molecule has 6 heteroatoms. The summed E-state index contributed by atoms with van der Waals surface area (Å²) in [6.07, 6.45) is 1.61. The number of hydrogen-bond acceptors (Lipinski definition) is 2. The van der Waals surface area contributed by atoms with Crippen molar-refractivity contribution in [2.24, 2.45) is 7.05 Å². The lowest BCUT2D eigenvalue weighted by Crippen LogP contribution is -2.47. The highest BCUT2D eigenvalue weighted by Crippen LogP contribution is 2.21. The maximum atomic E-state index is 11.2. The molecule has 0 bridgehead atoms. The van der Waals surface area contributed by atoms with E-state index in [4.69, 9.17) is 23.2 Å². The van der Waals surface area contributed by atoms with E-state index in [1.54, 1.807) is 13.2 Å². The third kappa shape index (κ3) is 1.47. The molecule has 0 aromatic carbocycles. The van der Waals surface area contributed by atoms with Crippen LogP contribution in [-0.4, -0.2) is 9.97 Å². The molecule has 72 valence electrons. The van der Waals surface area contributed by atoms with Crippen molar-refractivity contribution >= 4 is 34.2 Å². The van der Waals surface area contributed by atoms with E-state index < -0.39 is 0 Å². The van der Waals surface area contributed by atoms with Gasteiger partial charge in [-0.3, -0.25) is 0 Å². The minimum atomic E-state index is -0.261. The van der Waals surface area contributed by atoms with Crippen molar-refractivity contribution in [1.29, 1.82) is 0 Å². The van der Waals surface area contributed by atoms with Gasteiger partial charge in [0.1, 0.15) is 11.3 Å². The lowest BCUT2D eigenvalue weighted by Gasteiger charge is -1.97. The number of aromatic amines is 1. The van der Waals surface area contributed by atoms with Crippen molar-refractivity contribution in [2.45, 2.75) is 0 Å². The molecule has 0 fully saturated rings. The number of aromatic nitrogens is 3. The van der Waals surface area contributed by atoms with Gasteiger partial charge in [-0.1, -0.05) is 23.2 Å². The molecular formula is C8H6Cl2N3O+. The van der Waals surface area contributed by atoms with Crippen molar-refractivity contribution in [1.82, 2.24) is 9.97 Å². The van der Waals surface area contributed by atoms with Gasteiger partial charge in [0.25, 0.3) is 0 Å². The number of aryl methyl sites for hydroxylation is 1. The Labute approximate surface area is 89.1 Å². The molecule has 2 aromatic heterocycles. The van der Waals surface area contributed by atoms with Crippen molar-refractivity contribution in [2.75, 3.05) is 0 Å². The van der Waals surface area contributed by atoms with Crippen LogP contribution in [0.25, 0.3) is 11.0 Å². The molecular weight excluding hydrogens is 225 g/mol. The normalized spacial score (nSPS) is 10.8. The largest absolute Gasteiger partial charge is 0.497 e. The monoisotopic (exact) mass is 230 g/mol. The van der Waals surface area contributed by atoms with Crippen LogP contribution >= 0.6 is 23.2 Å². The fourth-order valence-electron chi connectivity index (χ4n) is 1.15. The van der Waals surface area contributed by atoms with Gasteiger partial charge in [-0.2, -0.15) is 19.3 Å². The second kappa shape index (κ2) is 3.22. The number of fused-ring (bicyclic) bond motifs is 1. The molecule has 0 spiro atoms. The van der Waals surface area contributed by atoms with Crippen LogP contribution < -0.4 is 10.3 Å². The van der Waals surface area contributed by atoms with Gasteiger partial charge in [0.15, 0.2) is 0 Å². The summed E-state index contributed by atoms with van der Waals surface area (Å²) >= 11 is 11.6. The van der Waals surface area contributed by atoms with Gasteiger partial charge in [0.05, 0.1) is 17.5 Å². The smallest absolute Gasteiger partial charge is 0.200 e. The highest BCUT2D eigenvalue weighted by atomic mass is 35.5. The average Bonchev–Trinajstić information content (AvgIpc) is 2.08. The van der Waals surface area contributed by atoms with Crippen LogP contribution in [0.5, 0.6) is 0 Å². The molecule has 0 unspecified atom stereocenters. The predicted octanol–water partition coefficient (Wildman–Crippen LogP) is 1.05. The van der Waals surface area contributed by atoms with Crippen LogP contribution in [0.1, 0.15) is 0 Å². The first-order valence-corrected chi connectivity index (χ1v) is 4.58. The third-order valence-corrected chi connectivity index (χ3v) is 2.35. The van der Waals surface area contributed by atoms with Crippen LogP contribution in [0.15, 0.2) is 17.1 Å². The van der Waals surface area contributed by atoms with E-state index >= 15 is 0 Å². The molecule has 4 nitrogen and oxygen atoms in total. The first-order valence-electron chi connectivity index (χ1n) is 3.82. The van der Waals surface area contributed by atoms with E-state index in [0.29, 0.717) is 16.1 Å². The molecule has 0 aliphatic heterocycles. The number of hydrogen-bond donors (Lipinski definition) is 1. The molecule has 0 radical (unpaired) electrons. The molecule has 0 saturated carbocycles. The highest BCUT2D eigenvalue weighted by molar-refractivity contribution is 6.37. The summed E-state index contributed by atoms with van der Waals surface area (Å²) in [5.41, 5.74) is 0.133. The SMILES string of the molecule is C[n+]1cc2c(Cl)cc(Cl)nc2[nH]c1=O. The molecule has 2 heterocycles. The topological polar surface area (TPSA) is 49.6 Å². The van der Waals surface area contributed by atoms with E-state index in [1.165, 1.54) is 10.6 Å². The molecule has 2 aromatic rings. The maximum absolute atomic E-state index is 11.2. The Morgan fingerprint density at radius 3 is 2.93 bits per heavy atom. The Kier molecular flexibility index (Phi) is 2.17. The first kappa shape index (κ1) is 9.43. The zero-order chi connectivity index (χ0) is 10.3. The van der Waals surface area contributed by atoms with Gasteiger partial charge in [0, 0.05) is 0 Å². The summed E-state index contributed by atoms with van der Waals surface area (Å²) in [6.45, 7) is 0. The van der Waals surface area contributed by atoms with Gasteiger partial charge in [0.2, 0.25) is 5.65 Å². The Hall–Kier alpha value is -1.13. The first-order chi connectivity index (χ1) is 6.58. The van der Waals surface area contributed by atoms with Crippen LogP contribution in [0.4, 0.5) is 0 Å². The minimum absolute atomic E-state index is 0.256. The zero-order valence-corrected chi connectivity index (χ0v) is 8.73. The van der Waals surface area contributed by atoms with E-state index in [2.05, 4.69) is 9.97 Å².